The van der Waals surface area contributed by atoms with Gasteiger partial charge in [0.15, 0.2) is 0 Å². The van der Waals surface area contributed by atoms with E-state index in [1.165, 1.54) is 31.2 Å². The van der Waals surface area contributed by atoms with Crippen molar-refractivity contribution in [1.82, 2.24) is 10.2 Å². The van der Waals surface area contributed by atoms with Gasteiger partial charge < -0.3 is 29.9 Å². The zero-order chi connectivity index (χ0) is 29.8. The van der Waals surface area contributed by atoms with Crippen molar-refractivity contribution in [2.45, 2.75) is 63.0 Å². The molecular formula is C30H37F3N2O6. The van der Waals surface area contributed by atoms with Gasteiger partial charge in [0.1, 0.15) is 12.4 Å². The first-order chi connectivity index (χ1) is 19.4. The maximum Gasteiger partial charge on any atom is 0.430 e. The number of halogens is 3. The topological polar surface area (TPSA) is 108 Å². The zero-order valence-electron chi connectivity index (χ0n) is 23.2. The summed E-state index contributed by atoms with van der Waals surface area (Å²) >= 11 is 0. The first kappa shape index (κ1) is 30.8. The van der Waals surface area contributed by atoms with Crippen LogP contribution in [0, 0.1) is 5.41 Å². The molecule has 41 heavy (non-hydrogen) atoms. The number of para-hydroxylation sites is 1. The number of likely N-dealkylation sites (tertiary alicyclic amines) is 1. The van der Waals surface area contributed by atoms with E-state index in [4.69, 9.17) is 9.47 Å². The van der Waals surface area contributed by atoms with E-state index in [1.807, 2.05) is 18.2 Å². The fourth-order valence-corrected chi connectivity index (χ4v) is 5.94. The molecule has 0 aliphatic carbocycles. The summed E-state index contributed by atoms with van der Waals surface area (Å²) in [6.45, 7) is 2.58. The predicted molar refractivity (Wildman–Crippen MR) is 144 cm³/mol. The normalized spacial score (nSPS) is 22.0. The van der Waals surface area contributed by atoms with Crippen molar-refractivity contribution < 1.29 is 42.4 Å². The van der Waals surface area contributed by atoms with Crippen LogP contribution < -0.4 is 10.1 Å². The Morgan fingerprint density at radius 2 is 1.63 bits per heavy atom. The number of hydrogen-bond donors (Lipinski definition) is 3. The quantitative estimate of drug-likeness (QED) is 0.421. The number of nitrogens with one attached hydrogen (secondary N) is 1. The second-order valence-electron chi connectivity index (χ2n) is 11.1. The molecule has 0 saturated carbocycles. The van der Waals surface area contributed by atoms with Gasteiger partial charge in [-0.15, -0.1) is 0 Å². The lowest BCUT2D eigenvalue weighted by Gasteiger charge is -2.50. The highest BCUT2D eigenvalue weighted by molar-refractivity contribution is 5.88. The highest BCUT2D eigenvalue weighted by atomic mass is 19.4. The van der Waals surface area contributed by atoms with Crippen LogP contribution in [0.5, 0.6) is 5.75 Å². The molecule has 2 saturated heterocycles. The fraction of sp³-hybridized carbons (Fsp3) is 0.533. The van der Waals surface area contributed by atoms with Crippen LogP contribution in [0.2, 0.25) is 0 Å². The number of aliphatic hydroxyl groups excluding tert-OH is 2. The van der Waals surface area contributed by atoms with E-state index in [0.29, 0.717) is 25.1 Å². The van der Waals surface area contributed by atoms with Crippen LogP contribution in [0.4, 0.5) is 13.2 Å². The number of hydrogen-bond acceptors (Lipinski definition) is 6. The van der Waals surface area contributed by atoms with E-state index in [0.717, 1.165) is 10.5 Å². The summed E-state index contributed by atoms with van der Waals surface area (Å²) in [5.74, 6) is -1.04. The molecule has 2 aliphatic heterocycles. The van der Waals surface area contributed by atoms with Crippen molar-refractivity contribution in [3.8, 4) is 5.75 Å². The number of amides is 2. The fourth-order valence-electron chi connectivity index (χ4n) is 5.94. The third kappa shape index (κ3) is 6.37. The Morgan fingerprint density at radius 1 is 1.02 bits per heavy atom. The lowest BCUT2D eigenvalue weighted by Crippen LogP contribution is -2.60. The van der Waals surface area contributed by atoms with E-state index in [-0.39, 0.29) is 43.5 Å². The minimum absolute atomic E-state index is 0.0119. The molecule has 2 aromatic carbocycles. The van der Waals surface area contributed by atoms with Gasteiger partial charge in [0.25, 0.3) is 11.5 Å². The molecule has 0 aromatic heterocycles. The number of ether oxygens (including phenoxy) is 2. The Labute approximate surface area is 237 Å². The summed E-state index contributed by atoms with van der Waals surface area (Å²) < 4.78 is 55.7. The molecule has 2 fully saturated rings. The van der Waals surface area contributed by atoms with Crippen molar-refractivity contribution in [2.75, 3.05) is 32.8 Å². The molecule has 0 radical (unpaired) electrons. The Hall–Kier alpha value is -3.15. The SMILES string of the molecule is C[C@H](O)COc1ccccc1C1CNC(=O)CC12CCN(C(=O)[C@](OC[C@H](C)O)(c1ccccc1)C(F)(F)F)CC2. The average molecular weight is 579 g/mol. The van der Waals surface area contributed by atoms with Crippen molar-refractivity contribution in [3.05, 3.63) is 65.7 Å². The first-order valence-corrected chi connectivity index (χ1v) is 13.8. The average Bonchev–Trinajstić information content (AvgIpc) is 2.92. The van der Waals surface area contributed by atoms with Crippen molar-refractivity contribution >= 4 is 11.8 Å². The molecule has 11 heteroatoms. The van der Waals surface area contributed by atoms with Crippen LogP contribution >= 0.6 is 0 Å². The Kier molecular flexibility index (Phi) is 9.30. The highest BCUT2D eigenvalue weighted by Crippen LogP contribution is 2.52. The zero-order valence-corrected chi connectivity index (χ0v) is 23.2. The number of carbonyl (C=O) groups excluding carboxylic acids is 2. The second-order valence-corrected chi connectivity index (χ2v) is 11.1. The van der Waals surface area contributed by atoms with Crippen molar-refractivity contribution in [3.63, 3.8) is 0 Å². The number of nitrogens with zero attached hydrogens (tertiary/aromatic N) is 1. The minimum atomic E-state index is -5.11. The number of piperidine rings is 2. The number of rotatable bonds is 9. The van der Waals surface area contributed by atoms with E-state index in [9.17, 15) is 33.0 Å². The molecular weight excluding hydrogens is 541 g/mol. The lowest BCUT2D eigenvalue weighted by atomic mass is 9.62. The third-order valence-electron chi connectivity index (χ3n) is 8.00. The Balaban J connectivity index is 1.64. The van der Waals surface area contributed by atoms with Gasteiger partial charge in [0.05, 0.1) is 18.8 Å². The van der Waals surface area contributed by atoms with Gasteiger partial charge in [0.2, 0.25) is 5.91 Å². The summed E-state index contributed by atoms with van der Waals surface area (Å²) in [4.78, 5) is 27.6. The lowest BCUT2D eigenvalue weighted by molar-refractivity contribution is -0.282. The van der Waals surface area contributed by atoms with Crippen LogP contribution in [-0.4, -0.2) is 78.2 Å². The smallest absolute Gasteiger partial charge is 0.430 e. The summed E-state index contributed by atoms with van der Waals surface area (Å²) in [6, 6.07) is 14.1. The van der Waals surface area contributed by atoms with Crippen LogP contribution in [0.3, 0.4) is 0 Å². The van der Waals surface area contributed by atoms with Crippen LogP contribution in [0.15, 0.2) is 54.6 Å². The van der Waals surface area contributed by atoms with Crippen LogP contribution in [0.25, 0.3) is 0 Å². The van der Waals surface area contributed by atoms with Gasteiger partial charge in [-0.3, -0.25) is 9.59 Å². The molecule has 2 aliphatic rings. The molecule has 4 atom stereocenters. The number of benzene rings is 2. The summed E-state index contributed by atoms with van der Waals surface area (Å²) in [5, 5.41) is 22.4. The highest BCUT2D eigenvalue weighted by Gasteiger charge is 2.65. The molecule has 0 bridgehead atoms. The molecule has 224 valence electrons. The standard InChI is InChI=1S/C30H37F3N2O6/c1-20(36)18-40-25-11-7-6-10-23(25)24-17-34-26(38)16-28(24)12-14-35(15-13-28)27(39)29(30(31,32)33,41-19-21(2)37)22-8-4-3-5-9-22/h3-11,20-21,24,36-37H,12-19H2,1-2H3,(H,34,38)/t20-,21-,24?,29+/m0/s1. The Bertz CT molecular complexity index is 1200. The predicted octanol–water partition coefficient (Wildman–Crippen LogP) is 3.51. The third-order valence-corrected chi connectivity index (χ3v) is 8.00. The van der Waals surface area contributed by atoms with E-state index in [1.54, 1.807) is 19.1 Å². The van der Waals surface area contributed by atoms with E-state index in [2.05, 4.69) is 5.32 Å². The molecule has 2 amide bonds. The Morgan fingerprint density at radius 3 is 2.24 bits per heavy atom. The van der Waals surface area contributed by atoms with Gasteiger partial charge in [-0.2, -0.15) is 13.2 Å². The van der Waals surface area contributed by atoms with Gasteiger partial charge in [-0.25, -0.2) is 0 Å². The van der Waals surface area contributed by atoms with Crippen molar-refractivity contribution in [2.24, 2.45) is 5.41 Å². The van der Waals surface area contributed by atoms with E-state index >= 15 is 0 Å². The molecule has 1 unspecified atom stereocenters. The summed E-state index contributed by atoms with van der Waals surface area (Å²) in [7, 11) is 0. The monoisotopic (exact) mass is 578 g/mol. The molecule has 3 N–H and O–H groups in total. The van der Waals surface area contributed by atoms with Gasteiger partial charge >= 0.3 is 6.18 Å². The molecule has 2 heterocycles. The number of aliphatic hydroxyl groups is 2. The molecule has 2 aromatic rings. The van der Waals surface area contributed by atoms with Gasteiger partial charge in [-0.1, -0.05) is 48.5 Å². The molecule has 8 nitrogen and oxygen atoms in total. The summed E-state index contributed by atoms with van der Waals surface area (Å²) in [6.07, 6.45) is -6.28. The van der Waals surface area contributed by atoms with Crippen molar-refractivity contribution in [1.29, 1.82) is 0 Å². The first-order valence-electron chi connectivity index (χ1n) is 13.8. The summed E-state index contributed by atoms with van der Waals surface area (Å²) in [5.41, 5.74) is -3.43. The number of alkyl halides is 3. The number of carbonyl (C=O) groups is 2. The molecule has 4 rings (SSSR count). The maximum absolute atomic E-state index is 14.8. The van der Waals surface area contributed by atoms with Gasteiger partial charge in [-0.05, 0) is 43.7 Å². The van der Waals surface area contributed by atoms with Crippen LogP contribution in [-0.2, 0) is 19.9 Å². The van der Waals surface area contributed by atoms with Gasteiger partial charge in [0, 0.05) is 37.5 Å². The maximum atomic E-state index is 14.8. The van der Waals surface area contributed by atoms with Crippen LogP contribution in [0.1, 0.15) is 50.2 Å². The minimum Gasteiger partial charge on any atom is -0.491 e. The molecule has 1 spiro atoms. The van der Waals surface area contributed by atoms with E-state index < -0.39 is 41.9 Å². The largest absolute Gasteiger partial charge is 0.491 e. The second kappa shape index (κ2) is 12.4.